The lowest BCUT2D eigenvalue weighted by molar-refractivity contribution is -0.143. The van der Waals surface area contributed by atoms with Crippen LogP contribution in [0.4, 0.5) is 0 Å². The summed E-state index contributed by atoms with van der Waals surface area (Å²) in [6, 6.07) is 0.930. The van der Waals surface area contributed by atoms with Crippen LogP contribution in [0.3, 0.4) is 0 Å². The van der Waals surface area contributed by atoms with Gasteiger partial charge >= 0.3 is 0 Å². The van der Waals surface area contributed by atoms with Crippen molar-refractivity contribution in [3.8, 4) is 0 Å². The van der Waals surface area contributed by atoms with E-state index in [1.165, 1.54) is 32.1 Å². The van der Waals surface area contributed by atoms with Crippen LogP contribution >= 0.6 is 0 Å². The molecule has 2 aliphatic heterocycles. The van der Waals surface area contributed by atoms with Crippen molar-refractivity contribution in [2.24, 2.45) is 17.8 Å². The normalized spacial score (nSPS) is 35.3. The van der Waals surface area contributed by atoms with Gasteiger partial charge < -0.3 is 9.80 Å². The highest BCUT2D eigenvalue weighted by Crippen LogP contribution is 2.41. The highest BCUT2D eigenvalue weighted by Gasteiger charge is 2.45. The van der Waals surface area contributed by atoms with Gasteiger partial charge in [-0.1, -0.05) is 12.8 Å². The number of likely N-dealkylation sites (tertiary alicyclic amines) is 2. The van der Waals surface area contributed by atoms with Crippen LogP contribution in [0.2, 0.25) is 0 Å². The Labute approximate surface area is 139 Å². The summed E-state index contributed by atoms with van der Waals surface area (Å²) in [5.41, 5.74) is 0. The highest BCUT2D eigenvalue weighted by atomic mass is 16.2. The number of rotatable bonds is 2. The second-order valence-corrected chi connectivity index (χ2v) is 8.32. The quantitative estimate of drug-likeness (QED) is 0.785. The number of nitrogens with zero attached hydrogens (tertiary/aromatic N) is 2. The highest BCUT2D eigenvalue weighted by molar-refractivity contribution is 5.82. The predicted octanol–water partition coefficient (Wildman–Crippen LogP) is 2.81. The van der Waals surface area contributed by atoms with Gasteiger partial charge in [0.25, 0.3) is 0 Å². The molecule has 0 radical (unpaired) electrons. The number of piperidine rings is 1. The Morgan fingerprint density at radius 1 is 0.826 bits per heavy atom. The molecule has 2 amide bonds. The van der Waals surface area contributed by atoms with Crippen LogP contribution in [0.1, 0.15) is 64.7 Å². The van der Waals surface area contributed by atoms with E-state index >= 15 is 0 Å². The summed E-state index contributed by atoms with van der Waals surface area (Å²) < 4.78 is 0. The lowest BCUT2D eigenvalue weighted by Crippen LogP contribution is -2.49. The molecule has 4 rings (SSSR count). The van der Waals surface area contributed by atoms with Crippen molar-refractivity contribution < 1.29 is 9.59 Å². The summed E-state index contributed by atoms with van der Waals surface area (Å²) in [5.74, 6) is 1.95. The molecule has 0 spiro atoms. The Hall–Kier alpha value is -1.06. The number of hydrogen-bond donors (Lipinski definition) is 0. The van der Waals surface area contributed by atoms with E-state index < -0.39 is 0 Å². The van der Waals surface area contributed by atoms with E-state index in [-0.39, 0.29) is 5.92 Å². The predicted molar refractivity (Wildman–Crippen MR) is 88.7 cm³/mol. The fraction of sp³-hybridized carbons (Fsp3) is 0.895. The number of fused-ring (bicyclic) bond motifs is 1. The summed E-state index contributed by atoms with van der Waals surface area (Å²) in [5, 5.41) is 0. The van der Waals surface area contributed by atoms with E-state index in [9.17, 15) is 9.59 Å². The molecule has 2 aliphatic carbocycles. The molecule has 0 aromatic carbocycles. The van der Waals surface area contributed by atoms with Gasteiger partial charge in [0, 0.05) is 37.0 Å². The summed E-state index contributed by atoms with van der Waals surface area (Å²) in [4.78, 5) is 29.5. The Balaban J connectivity index is 1.36. The maximum atomic E-state index is 13.1. The summed E-state index contributed by atoms with van der Waals surface area (Å²) >= 11 is 0. The summed E-state index contributed by atoms with van der Waals surface area (Å²) in [6.07, 6.45) is 10.2. The molecule has 4 aliphatic rings. The van der Waals surface area contributed by atoms with Crippen LogP contribution in [0.5, 0.6) is 0 Å². The number of carbonyl (C=O) groups excluding carboxylic acids is 2. The van der Waals surface area contributed by atoms with Crippen LogP contribution in [0.25, 0.3) is 0 Å². The summed E-state index contributed by atoms with van der Waals surface area (Å²) in [6.45, 7) is 3.83. The van der Waals surface area contributed by atoms with Gasteiger partial charge in [-0.25, -0.2) is 0 Å². The average Bonchev–Trinajstić information content (AvgIpc) is 3.36. The Kier molecular flexibility index (Phi) is 4.10. The molecule has 2 saturated heterocycles. The molecule has 0 N–H and O–H groups in total. The van der Waals surface area contributed by atoms with Crippen LogP contribution in [0, 0.1) is 17.8 Å². The number of hydrogen-bond acceptors (Lipinski definition) is 2. The molecule has 128 valence electrons. The zero-order chi connectivity index (χ0) is 16.0. The smallest absolute Gasteiger partial charge is 0.226 e. The third kappa shape index (κ3) is 2.89. The number of amides is 2. The first-order valence-electron chi connectivity index (χ1n) is 9.76. The third-order valence-electron chi connectivity index (χ3n) is 6.68. The second kappa shape index (κ2) is 6.10. The van der Waals surface area contributed by atoms with Gasteiger partial charge in [-0.05, 0) is 57.8 Å². The van der Waals surface area contributed by atoms with Crippen LogP contribution in [-0.4, -0.2) is 46.8 Å². The molecule has 0 bridgehead atoms. The lowest BCUT2D eigenvalue weighted by Gasteiger charge is -2.38. The van der Waals surface area contributed by atoms with E-state index in [0.29, 0.717) is 29.8 Å². The molecule has 4 nitrogen and oxygen atoms in total. The minimum absolute atomic E-state index is 0.154. The monoisotopic (exact) mass is 318 g/mol. The van der Waals surface area contributed by atoms with Crippen molar-refractivity contribution in [1.29, 1.82) is 0 Å². The van der Waals surface area contributed by atoms with E-state index in [0.717, 1.165) is 44.7 Å². The van der Waals surface area contributed by atoms with Crippen molar-refractivity contribution in [3.63, 3.8) is 0 Å². The Morgan fingerprint density at radius 2 is 1.48 bits per heavy atom. The molecule has 0 unspecified atom stereocenters. The molecule has 4 fully saturated rings. The standard InChI is InChI=1S/C19H30N2O2/c1-13-12-16-4-2-3-5-17(16)21(13)19(23)15-8-10-20(11-9-15)18(22)14-6-7-14/h13-17H,2-12H2,1H3/t13-,16-,17+/m1/s1. The van der Waals surface area contributed by atoms with Gasteiger partial charge in [0.05, 0.1) is 0 Å². The molecule has 0 aromatic heterocycles. The molecule has 3 atom stereocenters. The Bertz CT molecular complexity index is 480. The molecule has 4 heteroatoms. The van der Waals surface area contributed by atoms with Crippen LogP contribution in [0.15, 0.2) is 0 Å². The zero-order valence-corrected chi connectivity index (χ0v) is 14.4. The van der Waals surface area contributed by atoms with E-state index in [1.54, 1.807) is 0 Å². The summed E-state index contributed by atoms with van der Waals surface area (Å²) in [7, 11) is 0. The Morgan fingerprint density at radius 3 is 2.17 bits per heavy atom. The molecular formula is C19H30N2O2. The van der Waals surface area contributed by atoms with Crippen LogP contribution in [-0.2, 0) is 9.59 Å². The van der Waals surface area contributed by atoms with Gasteiger partial charge in [0.2, 0.25) is 11.8 Å². The third-order valence-corrected chi connectivity index (χ3v) is 6.68. The van der Waals surface area contributed by atoms with Crippen LogP contribution < -0.4 is 0 Å². The molecule has 23 heavy (non-hydrogen) atoms. The first-order valence-corrected chi connectivity index (χ1v) is 9.76. The van der Waals surface area contributed by atoms with Crippen molar-refractivity contribution in [2.45, 2.75) is 76.8 Å². The SMILES string of the molecule is C[C@@H]1C[C@H]2CCCC[C@@H]2N1C(=O)C1CCN(C(=O)C2CC2)CC1. The second-order valence-electron chi connectivity index (χ2n) is 8.32. The first kappa shape index (κ1) is 15.5. The van der Waals surface area contributed by atoms with Crippen molar-refractivity contribution in [1.82, 2.24) is 9.80 Å². The molecule has 2 saturated carbocycles. The van der Waals surface area contributed by atoms with Gasteiger partial charge in [-0.3, -0.25) is 9.59 Å². The molecule has 0 aromatic rings. The minimum Gasteiger partial charge on any atom is -0.342 e. The van der Waals surface area contributed by atoms with Gasteiger partial charge in [-0.15, -0.1) is 0 Å². The molecular weight excluding hydrogens is 288 g/mol. The van der Waals surface area contributed by atoms with Gasteiger partial charge in [0.1, 0.15) is 0 Å². The number of carbonyl (C=O) groups is 2. The van der Waals surface area contributed by atoms with E-state index in [4.69, 9.17) is 0 Å². The van der Waals surface area contributed by atoms with Gasteiger partial charge in [0.15, 0.2) is 0 Å². The largest absolute Gasteiger partial charge is 0.342 e. The van der Waals surface area contributed by atoms with Crippen molar-refractivity contribution in [3.05, 3.63) is 0 Å². The zero-order valence-electron chi connectivity index (χ0n) is 14.4. The van der Waals surface area contributed by atoms with Crippen molar-refractivity contribution in [2.75, 3.05) is 13.1 Å². The van der Waals surface area contributed by atoms with E-state index in [2.05, 4.69) is 11.8 Å². The first-order chi connectivity index (χ1) is 11.1. The lowest BCUT2D eigenvalue weighted by atomic mass is 9.84. The van der Waals surface area contributed by atoms with Crippen molar-refractivity contribution >= 4 is 11.8 Å². The molecule has 2 heterocycles. The fourth-order valence-corrected chi connectivity index (χ4v) is 5.23. The minimum atomic E-state index is 0.154. The maximum absolute atomic E-state index is 13.1. The van der Waals surface area contributed by atoms with Gasteiger partial charge in [-0.2, -0.15) is 0 Å². The average molecular weight is 318 g/mol. The van der Waals surface area contributed by atoms with E-state index in [1.807, 2.05) is 4.90 Å². The maximum Gasteiger partial charge on any atom is 0.226 e. The fourth-order valence-electron chi connectivity index (χ4n) is 5.23. The topological polar surface area (TPSA) is 40.6 Å².